The molecule has 0 saturated heterocycles. The molecule has 0 spiro atoms. The van der Waals surface area contributed by atoms with Gasteiger partial charge in [-0.25, -0.2) is 0 Å². The predicted molar refractivity (Wildman–Crippen MR) is 40.1 cm³/mol. The molecular weight excluding hydrogens is 200 g/mol. The van der Waals surface area contributed by atoms with Crippen LogP contribution in [0.25, 0.3) is 0 Å². The third kappa shape index (κ3) is 1.89. The largest absolute Gasteiger partial charge is 2.00 e. The summed E-state index contributed by atoms with van der Waals surface area (Å²) in [7, 11) is 0. The fourth-order valence-electron chi connectivity index (χ4n) is 2.28. The first-order chi connectivity index (χ1) is 3.86. The normalized spacial score (nSPS) is 36.9. The van der Waals surface area contributed by atoms with Crippen molar-refractivity contribution in [3.05, 3.63) is 5.92 Å². The minimum atomic E-state index is 0. The number of fused-ring (bicyclic) bond motifs is 2. The van der Waals surface area contributed by atoms with Gasteiger partial charge in [-0.05, 0) is 0 Å². The Balaban J connectivity index is 0.000000405. The van der Waals surface area contributed by atoms with E-state index in [9.17, 15) is 0 Å². The van der Waals surface area contributed by atoms with Gasteiger partial charge in [-0.2, -0.15) is 18.8 Å². The van der Waals surface area contributed by atoms with E-state index in [0.717, 1.165) is 11.8 Å². The molecule has 0 amide bonds. The molecule has 0 nitrogen and oxygen atoms in total. The van der Waals surface area contributed by atoms with Gasteiger partial charge in [0.05, 0.1) is 0 Å². The molecule has 2 saturated carbocycles. The molecule has 0 radical (unpaired) electrons. The maximum absolute atomic E-state index is 2.38. The van der Waals surface area contributed by atoms with Gasteiger partial charge < -0.3 is 22.9 Å². The summed E-state index contributed by atoms with van der Waals surface area (Å²) < 4.78 is 0. The maximum Gasteiger partial charge on any atom is 2.00 e. The van der Waals surface area contributed by atoms with Crippen molar-refractivity contribution < 1.29 is 17.0 Å². The van der Waals surface area contributed by atoms with Gasteiger partial charge in [-0.15, -0.1) is 0 Å². The molecule has 2 rings (SSSR count). The Kier molecular flexibility index (Phi) is 4.85. The third-order valence-electron chi connectivity index (χ3n) is 2.81. The average molecular weight is 213 g/mol. The summed E-state index contributed by atoms with van der Waals surface area (Å²) in [4.78, 5) is 0. The third-order valence-corrected chi connectivity index (χ3v) is 2.81. The Hall–Kier alpha value is 1.25. The SMILES string of the molecule is CC1CC2CC[C-]1C2.[Br-].[Mg+2]. The van der Waals surface area contributed by atoms with Crippen molar-refractivity contribution in [3.8, 4) is 0 Å². The molecule has 0 aromatic rings. The minimum absolute atomic E-state index is 0. The van der Waals surface area contributed by atoms with E-state index in [1.165, 1.54) is 25.7 Å². The molecule has 2 unspecified atom stereocenters. The minimum Gasteiger partial charge on any atom is -1.00 e. The molecule has 2 aliphatic carbocycles. The van der Waals surface area contributed by atoms with Crippen molar-refractivity contribution in [2.75, 3.05) is 0 Å². The number of halogens is 1. The molecule has 0 aliphatic heterocycles. The maximum atomic E-state index is 2.38. The zero-order valence-electron chi connectivity index (χ0n) is 6.57. The van der Waals surface area contributed by atoms with Crippen molar-refractivity contribution >= 4 is 23.1 Å². The summed E-state index contributed by atoms with van der Waals surface area (Å²) >= 11 is 0. The van der Waals surface area contributed by atoms with E-state index in [4.69, 9.17) is 0 Å². The van der Waals surface area contributed by atoms with Crippen molar-refractivity contribution in [1.82, 2.24) is 0 Å². The van der Waals surface area contributed by atoms with E-state index >= 15 is 0 Å². The van der Waals surface area contributed by atoms with Gasteiger partial charge in [0, 0.05) is 0 Å². The standard InChI is InChI=1S/C8H13.BrH.Mg/c1-6-4-7-2-3-8(6)5-7;;/h6-7H,2-5H2,1H3;1H;/q-1;;+2/p-1. The van der Waals surface area contributed by atoms with Gasteiger partial charge in [-0.3, -0.25) is 0 Å². The Bertz CT molecular complexity index is 103. The molecule has 2 bridgehead atoms. The smallest absolute Gasteiger partial charge is 1.00 e. The summed E-state index contributed by atoms with van der Waals surface area (Å²) in [5.41, 5.74) is 0. The molecule has 0 heterocycles. The molecule has 0 aromatic carbocycles. The van der Waals surface area contributed by atoms with E-state index in [1.54, 1.807) is 0 Å². The van der Waals surface area contributed by atoms with E-state index in [-0.39, 0.29) is 40.0 Å². The summed E-state index contributed by atoms with van der Waals surface area (Å²) in [5, 5.41) is 0. The van der Waals surface area contributed by atoms with Crippen LogP contribution in [0.1, 0.15) is 32.6 Å². The quantitative estimate of drug-likeness (QED) is 0.359. The monoisotopic (exact) mass is 212 g/mol. The first kappa shape index (κ1) is 11.2. The van der Waals surface area contributed by atoms with E-state index in [1.807, 2.05) is 5.92 Å². The van der Waals surface area contributed by atoms with Gasteiger partial charge in [0.2, 0.25) is 0 Å². The van der Waals surface area contributed by atoms with Gasteiger partial charge in [0.15, 0.2) is 0 Å². The van der Waals surface area contributed by atoms with Crippen LogP contribution in [0.15, 0.2) is 0 Å². The van der Waals surface area contributed by atoms with Crippen LogP contribution in [0.5, 0.6) is 0 Å². The van der Waals surface area contributed by atoms with Crippen LogP contribution >= 0.6 is 0 Å². The number of rotatable bonds is 0. The Morgan fingerprint density at radius 1 is 1.40 bits per heavy atom. The Labute approximate surface area is 90.1 Å². The van der Waals surface area contributed by atoms with Gasteiger partial charge in [0.25, 0.3) is 0 Å². The first-order valence-electron chi connectivity index (χ1n) is 3.71. The van der Waals surface area contributed by atoms with Crippen LogP contribution in [0.2, 0.25) is 0 Å². The summed E-state index contributed by atoms with van der Waals surface area (Å²) in [6.45, 7) is 2.38. The van der Waals surface area contributed by atoms with Gasteiger partial charge in [0.1, 0.15) is 0 Å². The number of hydrogen-bond donors (Lipinski definition) is 0. The van der Waals surface area contributed by atoms with Crippen molar-refractivity contribution in [1.29, 1.82) is 0 Å². The zero-order valence-corrected chi connectivity index (χ0v) is 9.57. The molecule has 2 fully saturated rings. The fraction of sp³-hybridized carbons (Fsp3) is 0.875. The van der Waals surface area contributed by atoms with Crippen LogP contribution in [0.4, 0.5) is 0 Å². The summed E-state index contributed by atoms with van der Waals surface area (Å²) in [5.74, 6) is 3.98. The van der Waals surface area contributed by atoms with Crippen LogP contribution < -0.4 is 17.0 Å². The molecule has 2 aliphatic rings. The molecule has 2 atom stereocenters. The molecule has 10 heavy (non-hydrogen) atoms. The molecule has 0 N–H and O–H groups in total. The molecular formula is C8H13BrMg. The topological polar surface area (TPSA) is 0 Å². The predicted octanol–water partition coefficient (Wildman–Crippen LogP) is -0.976. The first-order valence-corrected chi connectivity index (χ1v) is 3.71. The molecule has 54 valence electrons. The van der Waals surface area contributed by atoms with Gasteiger partial charge in [-0.1, -0.05) is 25.7 Å². The Morgan fingerprint density at radius 2 is 2.10 bits per heavy atom. The van der Waals surface area contributed by atoms with Crippen molar-refractivity contribution in [2.24, 2.45) is 11.8 Å². The second-order valence-corrected chi connectivity index (χ2v) is 3.40. The zero-order chi connectivity index (χ0) is 5.56. The van der Waals surface area contributed by atoms with Crippen LogP contribution in [-0.2, 0) is 0 Å². The number of hydrogen-bond acceptors (Lipinski definition) is 0. The summed E-state index contributed by atoms with van der Waals surface area (Å²) in [6, 6.07) is 0. The second-order valence-electron chi connectivity index (χ2n) is 3.40. The van der Waals surface area contributed by atoms with Crippen molar-refractivity contribution in [2.45, 2.75) is 32.6 Å². The fourth-order valence-corrected chi connectivity index (χ4v) is 2.28. The van der Waals surface area contributed by atoms with Crippen LogP contribution in [-0.4, -0.2) is 23.1 Å². The van der Waals surface area contributed by atoms with Crippen LogP contribution in [0, 0.1) is 17.8 Å². The molecule has 2 heteroatoms. The van der Waals surface area contributed by atoms with E-state index in [2.05, 4.69) is 6.92 Å². The van der Waals surface area contributed by atoms with E-state index in [0.29, 0.717) is 0 Å². The van der Waals surface area contributed by atoms with Crippen molar-refractivity contribution in [3.63, 3.8) is 0 Å². The van der Waals surface area contributed by atoms with E-state index < -0.39 is 0 Å². The van der Waals surface area contributed by atoms with Gasteiger partial charge >= 0.3 is 23.1 Å². The van der Waals surface area contributed by atoms with Crippen LogP contribution in [0.3, 0.4) is 0 Å². The Morgan fingerprint density at radius 3 is 2.30 bits per heavy atom. The average Bonchev–Trinajstić information content (AvgIpc) is 2.23. The summed E-state index contributed by atoms with van der Waals surface area (Å²) in [6.07, 6.45) is 5.97. The molecule has 0 aromatic heterocycles. The second kappa shape index (κ2) is 4.32.